The number of alkyl carbamates (subject to hydrolysis) is 4. The van der Waals surface area contributed by atoms with E-state index >= 15 is 0 Å². The Kier molecular flexibility index (Phi) is 24.1. The molecule has 6 amide bonds. The number of carbonyl (C=O) groups is 6. The zero-order chi connectivity index (χ0) is 62.6. The van der Waals surface area contributed by atoms with Crippen LogP contribution in [0, 0.1) is 16.0 Å². The van der Waals surface area contributed by atoms with Gasteiger partial charge in [0.25, 0.3) is 5.69 Å². The largest absolute Gasteiger partial charge is 0.491 e. The van der Waals surface area contributed by atoms with Crippen LogP contribution in [0.4, 0.5) is 29.7 Å². The van der Waals surface area contributed by atoms with Crippen molar-refractivity contribution in [3.63, 3.8) is 0 Å². The number of non-ortho nitro benzene ring substituents is 1. The third-order valence-corrected chi connectivity index (χ3v) is 12.8. The SMILES string of the molecule is CN(C(=O)OC(C)(C)C)[C@@H]1[C@@H](O)[C@@H](O[C@@H]2[C@@H](O)[C@H](C3OC(CNC(=O)OCc4ccc([N+](=O)[O-])cc4)=CC[C@H]3NCC(O)CNC(=O)OC(C)(C)C)[C@@H](NC(=O)OC(C)(C)C)C[C@H]2NC(=O)[C@@H](O)CCNC(=O)OC(C)(C)C)OC[C@]1(C)O. The van der Waals surface area contributed by atoms with E-state index in [-0.39, 0.29) is 63.5 Å². The molecule has 2 heterocycles. The van der Waals surface area contributed by atoms with Crippen LogP contribution in [0.15, 0.2) is 36.1 Å². The Balaban J connectivity index is 1.78. The minimum absolute atomic E-state index is 0.0571. The van der Waals surface area contributed by atoms with Gasteiger partial charge < -0.3 is 100 Å². The Bertz CT molecular complexity index is 2400. The number of hydrogen-bond acceptors (Lipinski definition) is 22. The van der Waals surface area contributed by atoms with Crippen LogP contribution >= 0.6 is 0 Å². The lowest BCUT2D eigenvalue weighted by Crippen LogP contribution is -2.71. The lowest BCUT2D eigenvalue weighted by Gasteiger charge is -2.52. The van der Waals surface area contributed by atoms with E-state index in [1.807, 2.05) is 0 Å². The van der Waals surface area contributed by atoms with Gasteiger partial charge in [-0.25, -0.2) is 24.0 Å². The van der Waals surface area contributed by atoms with Crippen LogP contribution in [-0.4, -0.2) is 207 Å². The van der Waals surface area contributed by atoms with Gasteiger partial charge in [0.05, 0.1) is 42.4 Å². The summed E-state index contributed by atoms with van der Waals surface area (Å²) in [5, 5.41) is 86.5. The molecule has 13 atom stereocenters. The first-order valence-corrected chi connectivity index (χ1v) is 27.4. The predicted octanol–water partition coefficient (Wildman–Crippen LogP) is 2.46. The molecule has 2 unspecified atom stereocenters. The first-order valence-electron chi connectivity index (χ1n) is 27.4. The summed E-state index contributed by atoms with van der Waals surface area (Å²) in [5.74, 6) is -2.25. The van der Waals surface area contributed by atoms with Crippen molar-refractivity contribution in [3.05, 3.63) is 51.8 Å². The third-order valence-electron chi connectivity index (χ3n) is 12.8. The number of amides is 6. The number of nitrogens with zero attached hydrogens (tertiary/aromatic N) is 2. The molecule has 11 N–H and O–H groups in total. The second-order valence-corrected chi connectivity index (χ2v) is 25.0. The Morgan fingerprint density at radius 2 is 1.35 bits per heavy atom. The maximum absolute atomic E-state index is 14.0. The summed E-state index contributed by atoms with van der Waals surface area (Å²) in [7, 11) is 1.29. The van der Waals surface area contributed by atoms with Crippen LogP contribution in [0.25, 0.3) is 0 Å². The number of nitro groups is 1. The fourth-order valence-corrected chi connectivity index (χ4v) is 9.27. The summed E-state index contributed by atoms with van der Waals surface area (Å²) >= 11 is 0. The number of ether oxygens (including phenoxy) is 8. The van der Waals surface area contributed by atoms with Crippen molar-refractivity contribution in [2.75, 3.05) is 39.8 Å². The Hall–Kier alpha value is -6.34. The average Bonchev–Trinajstić information content (AvgIpc) is 3.30. The van der Waals surface area contributed by atoms with Crippen LogP contribution in [-0.2, 0) is 49.3 Å². The van der Waals surface area contributed by atoms with Gasteiger partial charge in [0, 0.05) is 56.8 Å². The van der Waals surface area contributed by atoms with Crippen LogP contribution in [0.2, 0.25) is 0 Å². The maximum atomic E-state index is 14.0. The summed E-state index contributed by atoms with van der Waals surface area (Å²) in [6.07, 6.45) is -15.0. The molecule has 0 aromatic heterocycles. The lowest BCUT2D eigenvalue weighted by atomic mass is 9.72. The van der Waals surface area contributed by atoms with Crippen LogP contribution in [0.1, 0.15) is 115 Å². The average molecular weight is 1190 g/mol. The zero-order valence-corrected chi connectivity index (χ0v) is 49.8. The summed E-state index contributed by atoms with van der Waals surface area (Å²) in [6.45, 7) is 19.1. The Morgan fingerprint density at radius 3 is 1.93 bits per heavy atom. The van der Waals surface area contributed by atoms with Gasteiger partial charge in [0.2, 0.25) is 5.91 Å². The van der Waals surface area contributed by atoms with Crippen LogP contribution in [0.5, 0.6) is 0 Å². The summed E-state index contributed by atoms with van der Waals surface area (Å²) in [4.78, 5) is 90.9. The molecule has 83 heavy (non-hydrogen) atoms. The van der Waals surface area contributed by atoms with E-state index in [0.717, 1.165) is 4.90 Å². The van der Waals surface area contributed by atoms with E-state index in [2.05, 4.69) is 31.9 Å². The molecule has 1 saturated carbocycles. The maximum Gasteiger partial charge on any atom is 0.410 e. The van der Waals surface area contributed by atoms with Gasteiger partial charge in [-0.2, -0.15) is 0 Å². The molecule has 3 aliphatic rings. The normalized spacial score (nSPS) is 26.5. The molecular weight excluding hydrogens is 1100 g/mol. The molecular formula is C54H88N8O21. The summed E-state index contributed by atoms with van der Waals surface area (Å²) in [6, 6.07) is 0.321. The van der Waals surface area contributed by atoms with E-state index in [9.17, 15) is 64.4 Å². The van der Waals surface area contributed by atoms with E-state index in [0.29, 0.717) is 5.56 Å². The first kappa shape index (κ1) is 69.2. The highest BCUT2D eigenvalue weighted by Crippen LogP contribution is 2.39. The fraction of sp³-hybridized carbons (Fsp3) is 0.741. The smallest absolute Gasteiger partial charge is 0.410 e. The van der Waals surface area contributed by atoms with Crippen molar-refractivity contribution in [1.82, 2.24) is 36.8 Å². The predicted molar refractivity (Wildman–Crippen MR) is 294 cm³/mol. The summed E-state index contributed by atoms with van der Waals surface area (Å²) < 4.78 is 46.2. The highest BCUT2D eigenvalue weighted by atomic mass is 16.7. The number of aliphatic hydroxyl groups excluding tert-OH is 4. The lowest BCUT2D eigenvalue weighted by molar-refractivity contribution is -0.384. The van der Waals surface area contributed by atoms with Gasteiger partial charge in [-0.05, 0) is 133 Å². The number of benzene rings is 1. The number of rotatable bonds is 20. The second kappa shape index (κ2) is 29.0. The van der Waals surface area contributed by atoms with Gasteiger partial charge in [0.15, 0.2) is 6.29 Å². The molecule has 1 aromatic carbocycles. The highest BCUT2D eigenvalue weighted by Gasteiger charge is 2.56. The van der Waals surface area contributed by atoms with Gasteiger partial charge in [0.1, 0.15) is 64.8 Å². The van der Waals surface area contributed by atoms with Crippen molar-refractivity contribution < 1.29 is 97.1 Å². The number of carbonyl (C=O) groups excluding carboxylic acids is 6. The van der Waals surface area contributed by atoms with Crippen molar-refractivity contribution in [2.24, 2.45) is 5.92 Å². The number of aliphatic hydroxyl groups is 5. The van der Waals surface area contributed by atoms with Crippen molar-refractivity contribution in [3.8, 4) is 0 Å². The third kappa shape index (κ3) is 22.6. The van der Waals surface area contributed by atoms with E-state index in [4.69, 9.17) is 37.9 Å². The fourth-order valence-electron chi connectivity index (χ4n) is 9.27. The zero-order valence-electron chi connectivity index (χ0n) is 49.8. The van der Waals surface area contributed by atoms with Gasteiger partial charge in [-0.3, -0.25) is 14.9 Å². The molecule has 2 aliphatic heterocycles. The van der Waals surface area contributed by atoms with Crippen molar-refractivity contribution in [1.29, 1.82) is 0 Å². The number of hydrogen-bond donors (Lipinski definition) is 11. The monoisotopic (exact) mass is 1180 g/mol. The molecule has 0 spiro atoms. The molecule has 1 aromatic rings. The van der Waals surface area contributed by atoms with Crippen molar-refractivity contribution in [2.45, 2.75) is 211 Å². The molecule has 1 aliphatic carbocycles. The van der Waals surface area contributed by atoms with Crippen LogP contribution < -0.4 is 31.9 Å². The van der Waals surface area contributed by atoms with Crippen molar-refractivity contribution >= 4 is 42.1 Å². The van der Waals surface area contributed by atoms with E-state index < -0.39 is 149 Å². The number of likely N-dealkylation sites (N-methyl/N-ethyl adjacent to an activating group) is 1. The first-order chi connectivity index (χ1) is 38.2. The molecule has 29 heteroatoms. The highest BCUT2D eigenvalue weighted by molar-refractivity contribution is 5.81. The minimum atomic E-state index is -1.93. The standard InChI is InChI=1S/C54H88N8O21/c1-50(2,3)80-46(69)55-22-21-36(64)43(67)59-35-23-34(60-48(71)82-52(7,8)9)37(38(65)41(35)79-44-39(66)42(54(13,73)28-77-44)61(14)49(72)83-53(10,11)12)40-33(56-24-31(63)25-57-47(70)81-51(4,5)6)20-19-32(78-40)26-58-45(68)76-27-29-15-17-30(18-16-29)62(74)75/h15-19,31,33-42,44,56,63-66,73H,20-28H2,1-14H3,(H,55,69)(H,57,70)(H,58,68)(H,59,67)(H,60,71)/t31?,33-,34+,35-,36+,37-,38+,39-,40?,41+,42-,44-,54+/m1/s1. The van der Waals surface area contributed by atoms with E-state index in [1.165, 1.54) is 38.2 Å². The molecule has 4 rings (SSSR count). The molecule has 470 valence electrons. The van der Waals surface area contributed by atoms with Gasteiger partial charge >= 0.3 is 30.5 Å². The van der Waals surface area contributed by atoms with E-state index in [1.54, 1.807) is 89.2 Å². The van der Waals surface area contributed by atoms with Crippen LogP contribution in [0.3, 0.4) is 0 Å². The number of nitrogens with one attached hydrogen (secondary N) is 6. The quantitative estimate of drug-likeness (QED) is 0.0507. The van der Waals surface area contributed by atoms with Gasteiger partial charge in [-0.1, -0.05) is 0 Å². The molecule has 0 bridgehead atoms. The Labute approximate surface area is 483 Å². The minimum Gasteiger partial charge on any atom is -0.491 e. The van der Waals surface area contributed by atoms with Gasteiger partial charge in [-0.15, -0.1) is 0 Å². The summed E-state index contributed by atoms with van der Waals surface area (Å²) in [5.41, 5.74) is -5.39. The molecule has 0 radical (unpaired) electrons. The molecule has 2 fully saturated rings. The topological polar surface area (TPSA) is 396 Å². The molecule has 1 saturated heterocycles. The second-order valence-electron chi connectivity index (χ2n) is 25.0. The number of nitro benzene ring substituents is 1. The Morgan fingerprint density at radius 1 is 0.771 bits per heavy atom. The molecule has 29 nitrogen and oxygen atoms in total.